The molecule has 0 unspecified atom stereocenters. The minimum absolute atomic E-state index is 0.638. The Labute approximate surface area is 151 Å². The Balaban J connectivity index is 1.81. The van der Waals surface area contributed by atoms with Crippen molar-refractivity contribution >= 4 is 40.1 Å². The van der Waals surface area contributed by atoms with Crippen LogP contribution in [0, 0.1) is 6.92 Å². The quantitative estimate of drug-likeness (QED) is 0.729. The number of aromatic amines is 1. The molecule has 0 spiro atoms. The van der Waals surface area contributed by atoms with E-state index in [9.17, 15) is 0 Å². The zero-order chi connectivity index (χ0) is 17.4. The van der Waals surface area contributed by atoms with Gasteiger partial charge in [-0.15, -0.1) is 0 Å². The summed E-state index contributed by atoms with van der Waals surface area (Å²) >= 11 is 6.15. The summed E-state index contributed by atoms with van der Waals surface area (Å²) in [6.45, 7) is 4.00. The maximum absolute atomic E-state index is 6.15. The number of H-pyrrole nitrogens is 1. The summed E-state index contributed by atoms with van der Waals surface area (Å²) in [7, 11) is 1.64. The highest BCUT2D eigenvalue weighted by Gasteiger charge is 2.19. The van der Waals surface area contributed by atoms with E-state index in [1.54, 1.807) is 13.2 Å². The number of anilines is 3. The fourth-order valence-electron chi connectivity index (χ4n) is 3.19. The second-order valence-electron chi connectivity index (χ2n) is 6.25. The van der Waals surface area contributed by atoms with E-state index >= 15 is 0 Å². The molecule has 4 rings (SSSR count). The number of ether oxygens (including phenoxy) is 1. The van der Waals surface area contributed by atoms with Crippen LogP contribution in [-0.4, -0.2) is 35.2 Å². The van der Waals surface area contributed by atoms with Crippen molar-refractivity contribution in [3.05, 3.63) is 35.0 Å². The van der Waals surface area contributed by atoms with Crippen molar-refractivity contribution in [1.82, 2.24) is 15.0 Å². The maximum atomic E-state index is 6.15. The highest BCUT2D eigenvalue weighted by Crippen LogP contribution is 2.33. The summed E-state index contributed by atoms with van der Waals surface area (Å²) in [4.78, 5) is 15.0. The van der Waals surface area contributed by atoms with E-state index in [1.165, 1.54) is 12.8 Å². The molecule has 0 amide bonds. The standard InChI is InChI=1S/C18H20ClN5O/c1-11-9-13-16(20-11)22-18(24-7-3-4-8-24)23-17(13)21-14-10-12(19)5-6-15(14)25-2/h5-6,9-10H,3-4,7-8H2,1-2H3,(H2,20,21,22,23). The number of rotatable bonds is 4. The number of fused-ring (bicyclic) bond motifs is 1. The molecular weight excluding hydrogens is 338 g/mol. The molecule has 0 radical (unpaired) electrons. The number of hydrogen-bond donors (Lipinski definition) is 2. The van der Waals surface area contributed by atoms with Crippen LogP contribution in [0.2, 0.25) is 5.02 Å². The van der Waals surface area contributed by atoms with Gasteiger partial charge in [-0.3, -0.25) is 0 Å². The van der Waals surface area contributed by atoms with Gasteiger partial charge in [0.05, 0.1) is 18.2 Å². The molecule has 3 heterocycles. The van der Waals surface area contributed by atoms with Gasteiger partial charge in [0, 0.05) is 23.8 Å². The molecular formula is C18H20ClN5O. The number of aryl methyl sites for hydroxylation is 1. The largest absolute Gasteiger partial charge is 0.495 e. The van der Waals surface area contributed by atoms with E-state index in [-0.39, 0.29) is 0 Å². The number of methoxy groups -OCH3 is 1. The Morgan fingerprint density at radius 1 is 1.20 bits per heavy atom. The molecule has 6 nitrogen and oxygen atoms in total. The molecule has 1 fully saturated rings. The molecule has 25 heavy (non-hydrogen) atoms. The topological polar surface area (TPSA) is 66.1 Å². The molecule has 2 aromatic heterocycles. The summed E-state index contributed by atoms with van der Waals surface area (Å²) in [5.41, 5.74) is 2.66. The van der Waals surface area contributed by atoms with Gasteiger partial charge < -0.3 is 19.9 Å². The van der Waals surface area contributed by atoms with Crippen molar-refractivity contribution in [3.8, 4) is 5.75 Å². The molecule has 7 heteroatoms. The molecule has 0 aliphatic carbocycles. The molecule has 0 saturated carbocycles. The van der Waals surface area contributed by atoms with Crippen LogP contribution in [0.4, 0.5) is 17.5 Å². The SMILES string of the molecule is COc1ccc(Cl)cc1Nc1nc(N2CCCC2)nc2[nH]c(C)cc12. The monoisotopic (exact) mass is 357 g/mol. The van der Waals surface area contributed by atoms with Crippen molar-refractivity contribution in [1.29, 1.82) is 0 Å². The van der Waals surface area contributed by atoms with Crippen molar-refractivity contribution in [2.24, 2.45) is 0 Å². The van der Waals surface area contributed by atoms with Crippen LogP contribution in [0.3, 0.4) is 0 Å². The molecule has 1 aliphatic rings. The van der Waals surface area contributed by atoms with Crippen LogP contribution in [0.15, 0.2) is 24.3 Å². The van der Waals surface area contributed by atoms with Crippen LogP contribution in [0.1, 0.15) is 18.5 Å². The van der Waals surface area contributed by atoms with Gasteiger partial charge in [0.1, 0.15) is 17.2 Å². The molecule has 0 atom stereocenters. The molecule has 1 saturated heterocycles. The molecule has 1 aromatic carbocycles. The third-order valence-corrected chi connectivity index (χ3v) is 4.65. The molecule has 2 N–H and O–H groups in total. The summed E-state index contributed by atoms with van der Waals surface area (Å²) < 4.78 is 5.44. The number of halogens is 1. The van der Waals surface area contributed by atoms with E-state index in [0.29, 0.717) is 10.8 Å². The first-order valence-electron chi connectivity index (χ1n) is 8.37. The van der Waals surface area contributed by atoms with Crippen molar-refractivity contribution in [3.63, 3.8) is 0 Å². The number of aromatic nitrogens is 3. The summed E-state index contributed by atoms with van der Waals surface area (Å²) in [5.74, 6) is 2.21. The van der Waals surface area contributed by atoms with Gasteiger partial charge in [-0.1, -0.05) is 11.6 Å². The lowest BCUT2D eigenvalue weighted by atomic mass is 10.2. The first kappa shape index (κ1) is 16.0. The third kappa shape index (κ3) is 3.09. The van der Waals surface area contributed by atoms with Gasteiger partial charge in [-0.05, 0) is 44.0 Å². The fourth-order valence-corrected chi connectivity index (χ4v) is 3.36. The number of nitrogens with zero attached hydrogens (tertiary/aromatic N) is 3. The lowest BCUT2D eigenvalue weighted by Gasteiger charge is -2.17. The third-order valence-electron chi connectivity index (χ3n) is 4.41. The average Bonchev–Trinajstić information content (AvgIpc) is 3.23. The van der Waals surface area contributed by atoms with E-state index in [2.05, 4.69) is 15.2 Å². The van der Waals surface area contributed by atoms with Gasteiger partial charge in [-0.2, -0.15) is 9.97 Å². The van der Waals surface area contributed by atoms with E-state index in [4.69, 9.17) is 26.3 Å². The molecule has 1 aliphatic heterocycles. The van der Waals surface area contributed by atoms with Gasteiger partial charge in [0.25, 0.3) is 0 Å². The van der Waals surface area contributed by atoms with Crippen molar-refractivity contribution in [2.75, 3.05) is 30.4 Å². The van der Waals surface area contributed by atoms with Gasteiger partial charge in [-0.25, -0.2) is 0 Å². The highest BCUT2D eigenvalue weighted by molar-refractivity contribution is 6.31. The van der Waals surface area contributed by atoms with Gasteiger partial charge >= 0.3 is 0 Å². The predicted molar refractivity (Wildman–Crippen MR) is 101 cm³/mol. The summed E-state index contributed by atoms with van der Waals surface area (Å²) in [6.07, 6.45) is 2.35. The Hall–Kier alpha value is -2.47. The Bertz CT molecular complexity index is 917. The van der Waals surface area contributed by atoms with Crippen molar-refractivity contribution in [2.45, 2.75) is 19.8 Å². The molecule has 3 aromatic rings. The average molecular weight is 358 g/mol. The lowest BCUT2D eigenvalue weighted by Crippen LogP contribution is -2.20. The van der Waals surface area contributed by atoms with Crippen LogP contribution in [-0.2, 0) is 0 Å². The normalized spacial score (nSPS) is 14.3. The Morgan fingerprint density at radius 2 is 2.00 bits per heavy atom. The number of hydrogen-bond acceptors (Lipinski definition) is 5. The molecule has 0 bridgehead atoms. The van der Waals surface area contributed by atoms with Crippen LogP contribution < -0.4 is 15.0 Å². The van der Waals surface area contributed by atoms with E-state index in [1.807, 2.05) is 25.1 Å². The van der Waals surface area contributed by atoms with Crippen molar-refractivity contribution < 1.29 is 4.74 Å². The lowest BCUT2D eigenvalue weighted by molar-refractivity contribution is 0.417. The maximum Gasteiger partial charge on any atom is 0.229 e. The smallest absolute Gasteiger partial charge is 0.229 e. The fraction of sp³-hybridized carbons (Fsp3) is 0.333. The first-order chi connectivity index (χ1) is 12.1. The number of benzene rings is 1. The van der Waals surface area contributed by atoms with E-state index in [0.717, 1.165) is 47.3 Å². The van der Waals surface area contributed by atoms with Crippen LogP contribution in [0.5, 0.6) is 5.75 Å². The van der Waals surface area contributed by atoms with Crippen LogP contribution in [0.25, 0.3) is 11.0 Å². The zero-order valence-corrected chi connectivity index (χ0v) is 15.0. The summed E-state index contributed by atoms with van der Waals surface area (Å²) in [6, 6.07) is 7.52. The Kier molecular flexibility index (Phi) is 4.13. The molecule has 130 valence electrons. The second kappa shape index (κ2) is 6.44. The Morgan fingerprint density at radius 3 is 2.76 bits per heavy atom. The zero-order valence-electron chi connectivity index (χ0n) is 14.3. The number of nitrogens with one attached hydrogen (secondary N) is 2. The summed E-state index contributed by atoms with van der Waals surface area (Å²) in [5, 5.41) is 4.96. The highest BCUT2D eigenvalue weighted by atomic mass is 35.5. The van der Waals surface area contributed by atoms with Gasteiger partial charge in [0.15, 0.2) is 0 Å². The predicted octanol–water partition coefficient (Wildman–Crippen LogP) is 4.27. The minimum Gasteiger partial charge on any atom is -0.495 e. The first-order valence-corrected chi connectivity index (χ1v) is 8.75. The van der Waals surface area contributed by atoms with Crippen LogP contribution >= 0.6 is 11.6 Å². The van der Waals surface area contributed by atoms with Gasteiger partial charge in [0.2, 0.25) is 5.95 Å². The van der Waals surface area contributed by atoms with E-state index < -0.39 is 0 Å². The minimum atomic E-state index is 0.638. The second-order valence-corrected chi connectivity index (χ2v) is 6.69.